The van der Waals surface area contributed by atoms with E-state index in [1.807, 2.05) is 4.90 Å². The zero-order valence-corrected chi connectivity index (χ0v) is 16.7. The minimum atomic E-state index is -1.53. The predicted molar refractivity (Wildman–Crippen MR) is 107 cm³/mol. The van der Waals surface area contributed by atoms with Gasteiger partial charge in [0.15, 0.2) is 0 Å². The Labute approximate surface area is 169 Å². The van der Waals surface area contributed by atoms with Gasteiger partial charge in [-0.3, -0.25) is 9.69 Å². The summed E-state index contributed by atoms with van der Waals surface area (Å²) in [5, 5.41) is 12.2. The van der Waals surface area contributed by atoms with Crippen LogP contribution in [0.4, 0.5) is 4.39 Å². The first-order chi connectivity index (χ1) is 13.5. The number of esters is 1. The number of halogens is 2. The van der Waals surface area contributed by atoms with Crippen LogP contribution in [0.15, 0.2) is 48.5 Å². The summed E-state index contributed by atoms with van der Waals surface area (Å²) < 4.78 is 19.5. The molecule has 1 heterocycles. The zero-order valence-electron chi connectivity index (χ0n) is 15.9. The normalized spacial score (nSPS) is 19.8. The minimum Gasteiger partial charge on any atom is -0.468 e. The van der Waals surface area contributed by atoms with Crippen molar-refractivity contribution in [3.05, 3.63) is 70.5 Å². The molecule has 150 valence electrons. The van der Waals surface area contributed by atoms with Gasteiger partial charge in [0, 0.05) is 17.1 Å². The first-order valence-electron chi connectivity index (χ1n) is 9.51. The third-order valence-corrected chi connectivity index (χ3v) is 5.74. The topological polar surface area (TPSA) is 49.8 Å². The van der Waals surface area contributed by atoms with Gasteiger partial charge in [-0.25, -0.2) is 4.39 Å². The molecule has 6 heteroatoms. The van der Waals surface area contributed by atoms with Crippen LogP contribution in [0.3, 0.4) is 0 Å². The maximum atomic E-state index is 14.6. The first-order valence-corrected chi connectivity index (χ1v) is 9.89. The third-order valence-electron chi connectivity index (χ3n) is 5.49. The van der Waals surface area contributed by atoms with Gasteiger partial charge in [0.1, 0.15) is 17.5 Å². The molecule has 2 aromatic carbocycles. The van der Waals surface area contributed by atoms with Crippen molar-refractivity contribution in [2.45, 2.75) is 37.3 Å². The number of aliphatic hydroxyl groups is 1. The van der Waals surface area contributed by atoms with Crippen LogP contribution in [-0.4, -0.2) is 42.2 Å². The Morgan fingerprint density at radius 3 is 2.64 bits per heavy atom. The van der Waals surface area contributed by atoms with Crippen LogP contribution >= 0.6 is 11.6 Å². The van der Waals surface area contributed by atoms with E-state index in [1.54, 1.807) is 42.5 Å². The van der Waals surface area contributed by atoms with Gasteiger partial charge in [0.2, 0.25) is 0 Å². The summed E-state index contributed by atoms with van der Waals surface area (Å²) in [6, 6.07) is 12.7. The van der Waals surface area contributed by atoms with Gasteiger partial charge in [0.05, 0.1) is 7.11 Å². The van der Waals surface area contributed by atoms with Crippen molar-refractivity contribution in [3.8, 4) is 0 Å². The van der Waals surface area contributed by atoms with Crippen molar-refractivity contribution in [3.63, 3.8) is 0 Å². The number of piperidine rings is 1. The van der Waals surface area contributed by atoms with E-state index in [-0.39, 0.29) is 24.0 Å². The molecular formula is C22H25ClFNO3. The molecule has 1 fully saturated rings. The number of hydrogen-bond donors (Lipinski definition) is 1. The molecule has 0 amide bonds. The zero-order chi connectivity index (χ0) is 20.1. The number of ether oxygens (including phenoxy) is 1. The Bertz CT molecular complexity index is 814. The van der Waals surface area contributed by atoms with Crippen molar-refractivity contribution in [1.82, 2.24) is 4.90 Å². The van der Waals surface area contributed by atoms with Crippen molar-refractivity contribution in [1.29, 1.82) is 0 Å². The molecule has 2 atom stereocenters. The molecule has 2 unspecified atom stereocenters. The van der Waals surface area contributed by atoms with Crippen LogP contribution in [0.2, 0.25) is 5.02 Å². The van der Waals surface area contributed by atoms with Crippen molar-refractivity contribution < 1.29 is 19.0 Å². The van der Waals surface area contributed by atoms with Crippen molar-refractivity contribution >= 4 is 17.6 Å². The summed E-state index contributed by atoms with van der Waals surface area (Å²) in [5.74, 6) is -0.733. The van der Waals surface area contributed by atoms with E-state index in [9.17, 15) is 14.3 Å². The maximum absolute atomic E-state index is 14.6. The molecule has 1 saturated heterocycles. The Morgan fingerprint density at radius 1 is 1.25 bits per heavy atom. The largest absolute Gasteiger partial charge is 0.468 e. The Morgan fingerprint density at radius 2 is 1.96 bits per heavy atom. The highest BCUT2D eigenvalue weighted by Crippen LogP contribution is 2.36. The second-order valence-corrected chi connectivity index (χ2v) is 7.60. The average Bonchev–Trinajstić information content (AvgIpc) is 2.72. The number of likely N-dealkylation sites (tertiary alicyclic amines) is 1. The molecule has 4 nitrogen and oxygen atoms in total. The minimum absolute atomic E-state index is 0.212. The quantitative estimate of drug-likeness (QED) is 0.734. The second-order valence-electron chi connectivity index (χ2n) is 7.17. The number of hydrogen-bond acceptors (Lipinski definition) is 4. The Balaban J connectivity index is 1.90. The summed E-state index contributed by atoms with van der Waals surface area (Å²) >= 11 is 5.99. The van der Waals surface area contributed by atoms with Gasteiger partial charge in [-0.2, -0.15) is 0 Å². The van der Waals surface area contributed by atoms with Gasteiger partial charge in [-0.05, 0) is 49.6 Å². The molecule has 1 aliphatic heterocycles. The van der Waals surface area contributed by atoms with Gasteiger partial charge in [-0.1, -0.05) is 48.4 Å². The fraction of sp³-hybridized carbons (Fsp3) is 0.409. The molecule has 3 rings (SSSR count). The SMILES string of the molecule is COC(=O)C1CCCCN1CCC(O)(c1ccc(Cl)cc1)c1ccccc1F. The van der Waals surface area contributed by atoms with Crippen LogP contribution in [0.1, 0.15) is 36.8 Å². The van der Waals surface area contributed by atoms with Crippen LogP contribution in [0, 0.1) is 5.82 Å². The standard InChI is InChI=1S/C22H25ClFNO3/c1-28-21(26)20-8-4-5-14-25(20)15-13-22(27,16-9-11-17(23)12-10-16)18-6-2-3-7-19(18)24/h2-3,6-7,9-12,20,27H,4-5,8,13-15H2,1H3. The van der Waals surface area contributed by atoms with E-state index < -0.39 is 11.4 Å². The third kappa shape index (κ3) is 4.37. The number of nitrogens with zero attached hydrogens (tertiary/aromatic N) is 1. The van der Waals surface area contributed by atoms with Crippen LogP contribution < -0.4 is 0 Å². The maximum Gasteiger partial charge on any atom is 0.323 e. The lowest BCUT2D eigenvalue weighted by molar-refractivity contribution is -0.148. The Hall–Kier alpha value is -1.95. The molecule has 1 aliphatic rings. The lowest BCUT2D eigenvalue weighted by atomic mass is 9.82. The monoisotopic (exact) mass is 405 g/mol. The van der Waals surface area contributed by atoms with E-state index in [4.69, 9.17) is 16.3 Å². The fourth-order valence-corrected chi connectivity index (χ4v) is 4.05. The first kappa shape index (κ1) is 20.8. The molecule has 1 N–H and O–H groups in total. The van der Waals surface area contributed by atoms with Gasteiger partial charge >= 0.3 is 5.97 Å². The molecule has 28 heavy (non-hydrogen) atoms. The van der Waals surface area contributed by atoms with Gasteiger partial charge in [-0.15, -0.1) is 0 Å². The molecule has 0 bridgehead atoms. The second kappa shape index (κ2) is 9.03. The highest BCUT2D eigenvalue weighted by Gasteiger charge is 2.37. The van der Waals surface area contributed by atoms with Gasteiger partial charge < -0.3 is 9.84 Å². The summed E-state index contributed by atoms with van der Waals surface area (Å²) in [7, 11) is 1.39. The summed E-state index contributed by atoms with van der Waals surface area (Å²) in [5.41, 5.74) is -0.758. The molecule has 0 aliphatic carbocycles. The van der Waals surface area contributed by atoms with Crippen molar-refractivity contribution in [2.24, 2.45) is 0 Å². The van der Waals surface area contributed by atoms with Crippen LogP contribution in [0.25, 0.3) is 0 Å². The fourth-order valence-electron chi connectivity index (χ4n) is 3.92. The lowest BCUT2D eigenvalue weighted by Crippen LogP contribution is -2.47. The van der Waals surface area contributed by atoms with Crippen molar-refractivity contribution in [2.75, 3.05) is 20.2 Å². The smallest absolute Gasteiger partial charge is 0.323 e. The highest BCUT2D eigenvalue weighted by atomic mass is 35.5. The van der Waals surface area contributed by atoms with Crippen LogP contribution in [0.5, 0.6) is 0 Å². The predicted octanol–water partition coefficient (Wildman–Crippen LogP) is 4.13. The molecule has 0 saturated carbocycles. The summed E-state index contributed by atoms with van der Waals surface area (Å²) in [6.45, 7) is 1.18. The number of carbonyl (C=O) groups excluding carboxylic acids is 1. The number of rotatable bonds is 6. The average molecular weight is 406 g/mol. The Kier molecular flexibility index (Phi) is 6.70. The lowest BCUT2D eigenvalue weighted by Gasteiger charge is -2.37. The molecule has 0 aromatic heterocycles. The van der Waals surface area contributed by atoms with E-state index in [0.29, 0.717) is 17.1 Å². The molecule has 0 spiro atoms. The molecule has 2 aromatic rings. The van der Waals surface area contributed by atoms with Crippen LogP contribution in [-0.2, 0) is 15.1 Å². The number of benzene rings is 2. The highest BCUT2D eigenvalue weighted by molar-refractivity contribution is 6.30. The molecule has 0 radical (unpaired) electrons. The van der Waals surface area contributed by atoms with E-state index in [1.165, 1.54) is 13.2 Å². The van der Waals surface area contributed by atoms with Gasteiger partial charge in [0.25, 0.3) is 0 Å². The summed E-state index contributed by atoms with van der Waals surface area (Å²) in [6.07, 6.45) is 2.91. The number of methoxy groups -OCH3 is 1. The number of carbonyl (C=O) groups is 1. The van der Waals surface area contributed by atoms with E-state index in [0.717, 1.165) is 25.8 Å². The summed E-state index contributed by atoms with van der Waals surface area (Å²) in [4.78, 5) is 14.2. The molecular weight excluding hydrogens is 381 g/mol. The van der Waals surface area contributed by atoms with E-state index >= 15 is 0 Å². The van der Waals surface area contributed by atoms with E-state index in [2.05, 4.69) is 0 Å².